The summed E-state index contributed by atoms with van der Waals surface area (Å²) in [7, 11) is 0. The van der Waals surface area contributed by atoms with Crippen LogP contribution in [0.25, 0.3) is 0 Å². The predicted molar refractivity (Wildman–Crippen MR) is 62.1 cm³/mol. The van der Waals surface area contributed by atoms with Gasteiger partial charge in [-0.3, -0.25) is 9.59 Å². The molecule has 17 heavy (non-hydrogen) atoms. The number of hydrogen-bond donors (Lipinski definition) is 2. The molecule has 0 spiro atoms. The van der Waals surface area contributed by atoms with Crippen molar-refractivity contribution in [2.24, 2.45) is 5.92 Å². The summed E-state index contributed by atoms with van der Waals surface area (Å²) in [6.45, 7) is 2.19. The zero-order valence-electron chi connectivity index (χ0n) is 9.40. The minimum atomic E-state index is -0.868. The van der Waals surface area contributed by atoms with Gasteiger partial charge in [0.15, 0.2) is 0 Å². The number of carboxylic acid groups (broad SMARTS) is 1. The molecule has 0 saturated heterocycles. The fourth-order valence-corrected chi connectivity index (χ4v) is 1.60. The van der Waals surface area contributed by atoms with E-state index in [1.807, 2.05) is 6.92 Å². The van der Waals surface area contributed by atoms with Gasteiger partial charge in [0, 0.05) is 13.0 Å². The Balaban J connectivity index is 2.47. The van der Waals surface area contributed by atoms with Gasteiger partial charge < -0.3 is 14.8 Å². The van der Waals surface area contributed by atoms with Gasteiger partial charge in [-0.1, -0.05) is 13.3 Å². The number of halogens is 1. The van der Waals surface area contributed by atoms with Crippen molar-refractivity contribution in [3.63, 3.8) is 0 Å². The minimum absolute atomic E-state index is 0.0359. The second-order valence-electron chi connectivity index (χ2n) is 3.69. The fraction of sp³-hybridized carbons (Fsp3) is 0.455. The van der Waals surface area contributed by atoms with Gasteiger partial charge in [-0.2, -0.15) is 0 Å². The summed E-state index contributed by atoms with van der Waals surface area (Å²) in [6.07, 6.45) is 2.05. The first-order valence-electron chi connectivity index (χ1n) is 5.27. The van der Waals surface area contributed by atoms with Crippen LogP contribution in [0.2, 0.25) is 5.22 Å². The molecule has 1 aromatic rings. The highest BCUT2D eigenvalue weighted by atomic mass is 35.5. The van der Waals surface area contributed by atoms with Crippen molar-refractivity contribution in [1.82, 2.24) is 5.32 Å². The van der Waals surface area contributed by atoms with E-state index >= 15 is 0 Å². The highest BCUT2D eigenvalue weighted by Gasteiger charge is 2.16. The van der Waals surface area contributed by atoms with Crippen LogP contribution in [0.3, 0.4) is 0 Å². The molecular formula is C11H14ClNO4. The van der Waals surface area contributed by atoms with E-state index in [9.17, 15) is 9.59 Å². The Morgan fingerprint density at radius 1 is 1.59 bits per heavy atom. The van der Waals surface area contributed by atoms with Crippen LogP contribution in [0.1, 0.15) is 30.1 Å². The number of nitrogens with one attached hydrogen (secondary N) is 1. The molecule has 1 rings (SSSR count). The van der Waals surface area contributed by atoms with E-state index in [4.69, 9.17) is 21.1 Å². The van der Waals surface area contributed by atoms with Gasteiger partial charge >= 0.3 is 5.97 Å². The quantitative estimate of drug-likeness (QED) is 0.820. The average molecular weight is 260 g/mol. The van der Waals surface area contributed by atoms with E-state index < -0.39 is 5.97 Å². The Labute approximate surface area is 104 Å². The lowest BCUT2D eigenvalue weighted by Crippen LogP contribution is -2.30. The molecule has 1 unspecified atom stereocenters. The molecule has 0 radical (unpaired) electrons. The lowest BCUT2D eigenvalue weighted by molar-refractivity contribution is -0.138. The van der Waals surface area contributed by atoms with Crippen molar-refractivity contribution >= 4 is 23.5 Å². The van der Waals surface area contributed by atoms with Gasteiger partial charge in [-0.05, 0) is 23.6 Å². The highest BCUT2D eigenvalue weighted by molar-refractivity contribution is 6.32. The zero-order valence-corrected chi connectivity index (χ0v) is 10.2. The van der Waals surface area contributed by atoms with E-state index in [0.717, 1.165) is 0 Å². The number of carbonyl (C=O) groups excluding carboxylic acids is 1. The standard InChI is InChI=1S/C11H14ClNO4/c1-2-7(5-9(14)15)6-13-11(16)8-3-4-17-10(8)12/h3-4,7H,2,5-6H2,1H3,(H,13,16)(H,14,15). The van der Waals surface area contributed by atoms with Crippen molar-refractivity contribution in [3.8, 4) is 0 Å². The summed E-state index contributed by atoms with van der Waals surface area (Å²) in [5, 5.41) is 11.3. The minimum Gasteiger partial charge on any atom is -0.481 e. The lowest BCUT2D eigenvalue weighted by atomic mass is 10.0. The molecule has 1 aromatic heterocycles. The predicted octanol–water partition coefficient (Wildman–Crippen LogP) is 2.16. The zero-order chi connectivity index (χ0) is 12.8. The second-order valence-corrected chi connectivity index (χ2v) is 4.03. The van der Waals surface area contributed by atoms with E-state index in [1.165, 1.54) is 12.3 Å². The smallest absolute Gasteiger partial charge is 0.303 e. The Bertz CT molecular complexity index is 402. The number of amides is 1. The molecular weight excluding hydrogens is 246 g/mol. The van der Waals surface area contributed by atoms with Crippen LogP contribution in [0.4, 0.5) is 0 Å². The van der Waals surface area contributed by atoms with Crippen molar-refractivity contribution in [3.05, 3.63) is 23.1 Å². The molecule has 94 valence electrons. The molecule has 6 heteroatoms. The van der Waals surface area contributed by atoms with Crippen LogP contribution in [0.5, 0.6) is 0 Å². The van der Waals surface area contributed by atoms with Gasteiger partial charge in [0.05, 0.1) is 11.8 Å². The van der Waals surface area contributed by atoms with Crippen LogP contribution in [0.15, 0.2) is 16.7 Å². The van der Waals surface area contributed by atoms with E-state index in [-0.39, 0.29) is 29.0 Å². The number of aliphatic carboxylic acids is 1. The Kier molecular flexibility index (Phi) is 5.03. The third-order valence-corrected chi connectivity index (χ3v) is 2.75. The first-order chi connectivity index (χ1) is 8.04. The summed E-state index contributed by atoms with van der Waals surface area (Å²) >= 11 is 5.65. The molecule has 1 heterocycles. The third kappa shape index (κ3) is 4.11. The van der Waals surface area contributed by atoms with Gasteiger partial charge in [-0.15, -0.1) is 0 Å². The highest BCUT2D eigenvalue weighted by Crippen LogP contribution is 2.16. The SMILES string of the molecule is CCC(CNC(=O)c1ccoc1Cl)CC(=O)O. The maximum absolute atomic E-state index is 11.6. The van der Waals surface area contributed by atoms with Gasteiger partial charge in [-0.25, -0.2) is 0 Å². The third-order valence-electron chi connectivity index (χ3n) is 2.45. The largest absolute Gasteiger partial charge is 0.481 e. The van der Waals surface area contributed by atoms with Crippen LogP contribution < -0.4 is 5.32 Å². The molecule has 0 fully saturated rings. The van der Waals surface area contributed by atoms with Crippen molar-refractivity contribution in [2.75, 3.05) is 6.54 Å². The van der Waals surface area contributed by atoms with Crippen molar-refractivity contribution < 1.29 is 19.1 Å². The van der Waals surface area contributed by atoms with E-state index in [2.05, 4.69) is 5.32 Å². The lowest BCUT2D eigenvalue weighted by Gasteiger charge is -2.12. The van der Waals surface area contributed by atoms with Crippen LogP contribution in [0, 0.1) is 5.92 Å². The van der Waals surface area contributed by atoms with Crippen molar-refractivity contribution in [2.45, 2.75) is 19.8 Å². The number of carboxylic acids is 1. The van der Waals surface area contributed by atoms with Crippen molar-refractivity contribution in [1.29, 1.82) is 0 Å². The molecule has 0 aliphatic rings. The number of furan rings is 1. The van der Waals surface area contributed by atoms with Gasteiger partial charge in [0.2, 0.25) is 5.22 Å². The topological polar surface area (TPSA) is 79.5 Å². The van der Waals surface area contributed by atoms with Gasteiger partial charge in [0.25, 0.3) is 5.91 Å². The molecule has 1 amide bonds. The molecule has 0 bridgehead atoms. The molecule has 0 saturated carbocycles. The van der Waals surface area contributed by atoms with Crippen LogP contribution in [-0.2, 0) is 4.79 Å². The Morgan fingerprint density at radius 2 is 2.29 bits per heavy atom. The maximum atomic E-state index is 11.6. The van der Waals surface area contributed by atoms with E-state index in [1.54, 1.807) is 0 Å². The average Bonchev–Trinajstić information content (AvgIpc) is 2.69. The summed E-state index contributed by atoms with van der Waals surface area (Å²) in [5.41, 5.74) is 0.261. The maximum Gasteiger partial charge on any atom is 0.303 e. The number of carbonyl (C=O) groups is 2. The normalized spacial score (nSPS) is 12.1. The monoisotopic (exact) mass is 259 g/mol. The van der Waals surface area contributed by atoms with E-state index in [0.29, 0.717) is 13.0 Å². The molecule has 2 N–H and O–H groups in total. The molecule has 0 aliphatic heterocycles. The van der Waals surface area contributed by atoms with Crippen LogP contribution >= 0.6 is 11.6 Å². The summed E-state index contributed by atoms with van der Waals surface area (Å²) < 4.78 is 4.79. The first-order valence-corrected chi connectivity index (χ1v) is 5.65. The Morgan fingerprint density at radius 3 is 2.76 bits per heavy atom. The molecule has 5 nitrogen and oxygen atoms in total. The number of hydrogen-bond acceptors (Lipinski definition) is 3. The fourth-order valence-electron chi connectivity index (χ4n) is 1.40. The summed E-state index contributed by atoms with van der Waals surface area (Å²) in [5.74, 6) is -1.30. The Hall–Kier alpha value is -1.49. The summed E-state index contributed by atoms with van der Waals surface area (Å²) in [6, 6.07) is 1.47. The first kappa shape index (κ1) is 13.6. The number of rotatable bonds is 6. The molecule has 0 aliphatic carbocycles. The molecule has 1 atom stereocenters. The van der Waals surface area contributed by atoms with Crippen LogP contribution in [-0.4, -0.2) is 23.5 Å². The molecule has 0 aromatic carbocycles. The summed E-state index contributed by atoms with van der Waals surface area (Å²) in [4.78, 5) is 22.2. The van der Waals surface area contributed by atoms with Gasteiger partial charge in [0.1, 0.15) is 0 Å². The second kappa shape index (κ2) is 6.30.